The van der Waals surface area contributed by atoms with E-state index in [1.165, 1.54) is 96.3 Å². The summed E-state index contributed by atoms with van der Waals surface area (Å²) in [5, 5.41) is 0. The molecule has 0 aliphatic rings. The van der Waals surface area contributed by atoms with Gasteiger partial charge < -0.3 is 9.47 Å². The molecule has 0 radical (unpaired) electrons. The van der Waals surface area contributed by atoms with Gasteiger partial charge in [0.1, 0.15) is 11.9 Å². The molecule has 0 aromatic heterocycles. The summed E-state index contributed by atoms with van der Waals surface area (Å²) in [5.41, 5.74) is 3.35. The summed E-state index contributed by atoms with van der Waals surface area (Å²) >= 11 is 0. The summed E-state index contributed by atoms with van der Waals surface area (Å²) in [6, 6.07) is 16.7. The Kier molecular flexibility index (Phi) is 19.0. The maximum atomic E-state index is 12.3. The van der Waals surface area contributed by atoms with Crippen LogP contribution >= 0.6 is 0 Å². The Bertz CT molecular complexity index is 871. The van der Waals surface area contributed by atoms with Gasteiger partial charge in [-0.05, 0) is 48.6 Å². The second kappa shape index (κ2) is 22.4. The zero-order valence-corrected chi connectivity index (χ0v) is 26.1. The van der Waals surface area contributed by atoms with Crippen LogP contribution in [0.4, 0.5) is 0 Å². The third-order valence-electron chi connectivity index (χ3n) is 7.88. The first-order chi connectivity index (χ1) is 19.6. The number of esters is 1. The summed E-state index contributed by atoms with van der Waals surface area (Å²) in [6.07, 6.45) is 23.5. The van der Waals surface area contributed by atoms with E-state index in [1.54, 1.807) is 0 Å². The fourth-order valence-electron chi connectivity index (χ4n) is 5.20. The van der Waals surface area contributed by atoms with E-state index in [0.29, 0.717) is 6.42 Å². The van der Waals surface area contributed by atoms with Crippen molar-refractivity contribution in [3.05, 3.63) is 54.1 Å². The summed E-state index contributed by atoms with van der Waals surface area (Å²) in [5.74, 6) is 0.852. The van der Waals surface area contributed by atoms with E-state index >= 15 is 0 Å². The molecule has 2 rings (SSSR count). The van der Waals surface area contributed by atoms with Crippen LogP contribution in [-0.4, -0.2) is 12.6 Å². The van der Waals surface area contributed by atoms with Crippen LogP contribution in [0.15, 0.2) is 48.5 Å². The van der Waals surface area contributed by atoms with E-state index in [1.807, 2.05) is 6.92 Å². The molecule has 0 amide bonds. The minimum Gasteiger partial charge on any atom is -0.494 e. The van der Waals surface area contributed by atoms with E-state index in [-0.39, 0.29) is 12.1 Å². The van der Waals surface area contributed by atoms with Crippen molar-refractivity contribution in [2.24, 2.45) is 0 Å². The Morgan fingerprint density at radius 3 is 1.50 bits per heavy atom. The maximum absolute atomic E-state index is 12.3. The van der Waals surface area contributed by atoms with E-state index in [9.17, 15) is 4.79 Å². The Labute approximate surface area is 246 Å². The van der Waals surface area contributed by atoms with Crippen molar-refractivity contribution in [1.82, 2.24) is 0 Å². The first-order valence-electron chi connectivity index (χ1n) is 16.7. The number of rotatable bonds is 24. The molecule has 2 aromatic rings. The first kappa shape index (κ1) is 33.9. The fraction of sp³-hybridized carbons (Fsp3) is 0.649. The maximum Gasteiger partial charge on any atom is 0.306 e. The molecule has 0 N–H and O–H groups in total. The average Bonchev–Trinajstić information content (AvgIpc) is 2.97. The lowest BCUT2D eigenvalue weighted by molar-refractivity contribution is -0.148. The van der Waals surface area contributed by atoms with Crippen LogP contribution in [0.25, 0.3) is 11.1 Å². The smallest absolute Gasteiger partial charge is 0.306 e. The number of carbonyl (C=O) groups excluding carboxylic acids is 1. The molecule has 0 spiro atoms. The van der Waals surface area contributed by atoms with Gasteiger partial charge in [-0.25, -0.2) is 0 Å². The number of benzene rings is 2. The van der Waals surface area contributed by atoms with E-state index in [2.05, 4.69) is 62.4 Å². The highest BCUT2D eigenvalue weighted by molar-refractivity contribution is 5.70. The largest absolute Gasteiger partial charge is 0.494 e. The Balaban J connectivity index is 1.60. The summed E-state index contributed by atoms with van der Waals surface area (Å²) in [6.45, 7) is 7.28. The van der Waals surface area contributed by atoms with Gasteiger partial charge in [-0.3, -0.25) is 4.79 Å². The fourth-order valence-corrected chi connectivity index (χ4v) is 5.20. The average molecular weight is 551 g/mol. The van der Waals surface area contributed by atoms with Gasteiger partial charge in [-0.15, -0.1) is 0 Å². The van der Waals surface area contributed by atoms with Gasteiger partial charge in [0, 0.05) is 6.42 Å². The minimum absolute atomic E-state index is 0.0856. The number of hydrogen-bond acceptors (Lipinski definition) is 3. The number of ether oxygens (including phenoxy) is 2. The molecular weight excluding hydrogens is 492 g/mol. The Hall–Kier alpha value is -2.29. The van der Waals surface area contributed by atoms with Crippen molar-refractivity contribution in [1.29, 1.82) is 0 Å². The zero-order valence-electron chi connectivity index (χ0n) is 26.1. The lowest BCUT2D eigenvalue weighted by atomic mass is 10.0. The molecular formula is C37H58O3. The van der Waals surface area contributed by atoms with E-state index < -0.39 is 0 Å². The van der Waals surface area contributed by atoms with Crippen molar-refractivity contribution >= 4 is 5.97 Å². The molecule has 2 aromatic carbocycles. The van der Waals surface area contributed by atoms with E-state index in [0.717, 1.165) is 48.3 Å². The van der Waals surface area contributed by atoms with Crippen LogP contribution < -0.4 is 4.74 Å². The van der Waals surface area contributed by atoms with Gasteiger partial charge in [-0.1, -0.05) is 153 Å². The molecule has 1 atom stereocenters. The van der Waals surface area contributed by atoms with Gasteiger partial charge in [0.25, 0.3) is 0 Å². The van der Waals surface area contributed by atoms with Gasteiger partial charge in [0.15, 0.2) is 0 Å². The lowest BCUT2D eigenvalue weighted by Crippen LogP contribution is -2.08. The number of unbranched alkanes of at least 4 members (excludes halogenated alkanes) is 16. The lowest BCUT2D eigenvalue weighted by Gasteiger charge is -2.14. The molecule has 3 heteroatoms. The normalized spacial score (nSPS) is 11.9. The zero-order chi connectivity index (χ0) is 28.7. The third-order valence-corrected chi connectivity index (χ3v) is 7.88. The predicted octanol–water partition coefficient (Wildman–Crippen LogP) is 11.8. The SMILES string of the molecule is CCCCCCCCCCCOc1ccc(-c2ccc(C(C)OC(=O)CCCCCCCCCCC)cc2)cc1. The monoisotopic (exact) mass is 550 g/mol. The molecule has 0 saturated heterocycles. The summed E-state index contributed by atoms with van der Waals surface area (Å²) in [7, 11) is 0. The van der Waals surface area contributed by atoms with Crippen LogP contribution in [-0.2, 0) is 9.53 Å². The Morgan fingerprint density at radius 2 is 1.00 bits per heavy atom. The van der Waals surface area contributed by atoms with Gasteiger partial charge in [0.2, 0.25) is 0 Å². The highest BCUT2D eigenvalue weighted by Crippen LogP contribution is 2.26. The van der Waals surface area contributed by atoms with Gasteiger partial charge >= 0.3 is 5.97 Å². The quantitative estimate of drug-likeness (QED) is 0.0963. The molecule has 0 fully saturated rings. The van der Waals surface area contributed by atoms with Crippen LogP contribution in [0.2, 0.25) is 0 Å². The molecule has 0 aliphatic carbocycles. The Morgan fingerprint density at radius 1 is 0.575 bits per heavy atom. The molecule has 224 valence electrons. The molecule has 3 nitrogen and oxygen atoms in total. The molecule has 1 unspecified atom stereocenters. The number of hydrogen-bond donors (Lipinski definition) is 0. The van der Waals surface area contributed by atoms with Crippen molar-refractivity contribution in [2.45, 2.75) is 149 Å². The van der Waals surface area contributed by atoms with Gasteiger partial charge in [0.05, 0.1) is 6.61 Å². The molecule has 0 saturated carbocycles. The first-order valence-corrected chi connectivity index (χ1v) is 16.7. The third kappa shape index (κ3) is 15.5. The van der Waals surface area contributed by atoms with Crippen LogP contribution in [0.1, 0.15) is 154 Å². The van der Waals surface area contributed by atoms with Crippen molar-refractivity contribution in [3.8, 4) is 16.9 Å². The summed E-state index contributed by atoms with van der Waals surface area (Å²) < 4.78 is 11.7. The van der Waals surface area contributed by atoms with Crippen molar-refractivity contribution < 1.29 is 14.3 Å². The van der Waals surface area contributed by atoms with E-state index in [4.69, 9.17) is 9.47 Å². The molecule has 40 heavy (non-hydrogen) atoms. The molecule has 0 heterocycles. The van der Waals surface area contributed by atoms with Crippen molar-refractivity contribution in [2.75, 3.05) is 6.61 Å². The van der Waals surface area contributed by atoms with Crippen LogP contribution in [0.3, 0.4) is 0 Å². The minimum atomic E-state index is -0.225. The highest BCUT2D eigenvalue weighted by atomic mass is 16.5. The standard InChI is InChI=1S/C37H58O3/c1-4-6-8-10-12-14-16-18-20-22-37(38)40-32(3)33-23-25-34(26-24-33)35-27-29-36(30-28-35)39-31-21-19-17-15-13-11-9-7-5-2/h23-30,32H,4-22,31H2,1-3H3. The van der Waals surface area contributed by atoms with Crippen molar-refractivity contribution in [3.63, 3.8) is 0 Å². The summed E-state index contributed by atoms with van der Waals surface area (Å²) in [4.78, 5) is 12.3. The second-order valence-electron chi connectivity index (χ2n) is 11.5. The van der Waals surface area contributed by atoms with Gasteiger partial charge in [-0.2, -0.15) is 0 Å². The second-order valence-corrected chi connectivity index (χ2v) is 11.5. The number of carbonyl (C=O) groups is 1. The highest BCUT2D eigenvalue weighted by Gasteiger charge is 2.12. The molecule has 0 bridgehead atoms. The predicted molar refractivity (Wildman–Crippen MR) is 171 cm³/mol. The van der Waals surface area contributed by atoms with Crippen LogP contribution in [0, 0.1) is 0 Å². The molecule has 0 aliphatic heterocycles. The van der Waals surface area contributed by atoms with Crippen LogP contribution in [0.5, 0.6) is 5.75 Å². The topological polar surface area (TPSA) is 35.5 Å².